The predicted octanol–water partition coefficient (Wildman–Crippen LogP) is 1.36. The normalized spacial score (nSPS) is 25.4. The van der Waals surface area contributed by atoms with Crippen molar-refractivity contribution in [2.75, 3.05) is 7.05 Å². The molecule has 4 heteroatoms. The molecular formula is C12H19N3O. The number of rotatable bonds is 2. The van der Waals surface area contributed by atoms with Crippen molar-refractivity contribution in [1.82, 2.24) is 9.88 Å². The predicted molar refractivity (Wildman–Crippen MR) is 63.1 cm³/mol. The summed E-state index contributed by atoms with van der Waals surface area (Å²) in [6, 6.07) is 2.49. The van der Waals surface area contributed by atoms with Crippen LogP contribution in [0.3, 0.4) is 0 Å². The van der Waals surface area contributed by atoms with Crippen LogP contribution in [0, 0.1) is 0 Å². The van der Waals surface area contributed by atoms with Crippen LogP contribution >= 0.6 is 0 Å². The van der Waals surface area contributed by atoms with Crippen molar-refractivity contribution in [3.05, 3.63) is 24.0 Å². The second kappa shape index (κ2) is 4.70. The van der Waals surface area contributed by atoms with Gasteiger partial charge in [0.25, 0.3) is 5.91 Å². The fourth-order valence-corrected chi connectivity index (χ4v) is 2.32. The zero-order chi connectivity index (χ0) is 11.5. The number of nitrogens with zero attached hydrogens (tertiary/aromatic N) is 1. The van der Waals surface area contributed by atoms with E-state index in [4.69, 9.17) is 5.73 Å². The molecule has 0 atom stereocenters. The molecule has 1 aromatic rings. The maximum atomic E-state index is 12.1. The van der Waals surface area contributed by atoms with E-state index >= 15 is 0 Å². The average Bonchev–Trinajstić information content (AvgIpc) is 2.81. The molecule has 0 saturated heterocycles. The smallest absolute Gasteiger partial charge is 0.255 e. The van der Waals surface area contributed by atoms with Crippen molar-refractivity contribution < 1.29 is 4.79 Å². The van der Waals surface area contributed by atoms with E-state index < -0.39 is 0 Å². The van der Waals surface area contributed by atoms with E-state index in [-0.39, 0.29) is 5.91 Å². The molecule has 16 heavy (non-hydrogen) atoms. The molecule has 1 saturated carbocycles. The zero-order valence-corrected chi connectivity index (χ0v) is 9.65. The molecule has 0 spiro atoms. The van der Waals surface area contributed by atoms with Gasteiger partial charge < -0.3 is 15.6 Å². The molecule has 4 nitrogen and oxygen atoms in total. The van der Waals surface area contributed by atoms with Gasteiger partial charge in [0.05, 0.1) is 5.56 Å². The Labute approximate surface area is 95.8 Å². The van der Waals surface area contributed by atoms with Crippen molar-refractivity contribution >= 4 is 5.91 Å². The van der Waals surface area contributed by atoms with E-state index in [0.29, 0.717) is 12.1 Å². The van der Waals surface area contributed by atoms with Gasteiger partial charge >= 0.3 is 0 Å². The van der Waals surface area contributed by atoms with E-state index in [1.54, 1.807) is 12.4 Å². The SMILES string of the molecule is CN(C(=O)c1cc[nH]c1)C1CCC(N)CC1. The van der Waals surface area contributed by atoms with E-state index in [1.807, 2.05) is 18.0 Å². The summed E-state index contributed by atoms with van der Waals surface area (Å²) in [7, 11) is 1.89. The quantitative estimate of drug-likeness (QED) is 0.792. The number of hydrogen-bond acceptors (Lipinski definition) is 2. The van der Waals surface area contributed by atoms with E-state index in [1.165, 1.54) is 0 Å². The zero-order valence-electron chi connectivity index (χ0n) is 9.65. The highest BCUT2D eigenvalue weighted by atomic mass is 16.2. The second-order valence-corrected chi connectivity index (χ2v) is 4.58. The number of H-pyrrole nitrogens is 1. The largest absolute Gasteiger partial charge is 0.367 e. The third-order valence-corrected chi connectivity index (χ3v) is 3.45. The third kappa shape index (κ3) is 2.27. The van der Waals surface area contributed by atoms with E-state index in [0.717, 1.165) is 31.2 Å². The summed E-state index contributed by atoms with van der Waals surface area (Å²) in [5.41, 5.74) is 6.59. The molecule has 1 amide bonds. The van der Waals surface area contributed by atoms with Crippen LogP contribution in [0.4, 0.5) is 0 Å². The van der Waals surface area contributed by atoms with Crippen molar-refractivity contribution in [1.29, 1.82) is 0 Å². The summed E-state index contributed by atoms with van der Waals surface area (Å²) in [5, 5.41) is 0. The summed E-state index contributed by atoms with van der Waals surface area (Å²) in [6.45, 7) is 0. The fourth-order valence-electron chi connectivity index (χ4n) is 2.32. The maximum absolute atomic E-state index is 12.1. The fraction of sp³-hybridized carbons (Fsp3) is 0.583. The van der Waals surface area contributed by atoms with Crippen molar-refractivity contribution in [3.63, 3.8) is 0 Å². The van der Waals surface area contributed by atoms with E-state index in [9.17, 15) is 4.79 Å². The van der Waals surface area contributed by atoms with Crippen LogP contribution in [-0.4, -0.2) is 34.9 Å². The lowest BCUT2D eigenvalue weighted by Gasteiger charge is -2.33. The van der Waals surface area contributed by atoms with Crippen molar-refractivity contribution in [2.24, 2.45) is 5.73 Å². The van der Waals surface area contributed by atoms with Crippen molar-refractivity contribution in [2.45, 2.75) is 37.8 Å². The Hall–Kier alpha value is -1.29. The van der Waals surface area contributed by atoms with Crippen LogP contribution in [0.5, 0.6) is 0 Å². The van der Waals surface area contributed by atoms with E-state index in [2.05, 4.69) is 4.98 Å². The highest BCUT2D eigenvalue weighted by Gasteiger charge is 2.25. The number of nitrogens with one attached hydrogen (secondary N) is 1. The Bertz CT molecular complexity index is 339. The number of carbonyl (C=O) groups is 1. The average molecular weight is 221 g/mol. The molecule has 0 radical (unpaired) electrons. The summed E-state index contributed by atoms with van der Waals surface area (Å²) < 4.78 is 0. The molecule has 1 aromatic heterocycles. The minimum Gasteiger partial charge on any atom is -0.367 e. The first-order valence-corrected chi connectivity index (χ1v) is 5.84. The Morgan fingerprint density at radius 1 is 1.44 bits per heavy atom. The lowest BCUT2D eigenvalue weighted by molar-refractivity contribution is 0.0690. The monoisotopic (exact) mass is 221 g/mol. The third-order valence-electron chi connectivity index (χ3n) is 3.45. The molecule has 0 unspecified atom stereocenters. The number of amides is 1. The summed E-state index contributed by atoms with van der Waals surface area (Å²) in [5.74, 6) is 0.0988. The second-order valence-electron chi connectivity index (χ2n) is 4.58. The summed E-state index contributed by atoms with van der Waals surface area (Å²) in [4.78, 5) is 16.8. The van der Waals surface area contributed by atoms with Crippen LogP contribution in [-0.2, 0) is 0 Å². The standard InChI is InChI=1S/C12H19N3O/c1-15(11-4-2-10(13)3-5-11)12(16)9-6-7-14-8-9/h6-8,10-11,14H,2-5,13H2,1H3. The van der Waals surface area contributed by atoms with Crippen LogP contribution in [0.2, 0.25) is 0 Å². The molecule has 0 aliphatic heterocycles. The molecule has 2 rings (SSSR count). The Morgan fingerprint density at radius 3 is 2.69 bits per heavy atom. The van der Waals surface area contributed by atoms with Gasteiger partial charge in [-0.1, -0.05) is 0 Å². The van der Waals surface area contributed by atoms with Crippen molar-refractivity contribution in [3.8, 4) is 0 Å². The van der Waals surface area contributed by atoms with Crippen LogP contribution < -0.4 is 5.73 Å². The van der Waals surface area contributed by atoms with Gasteiger partial charge in [0.1, 0.15) is 0 Å². The van der Waals surface area contributed by atoms with Gasteiger partial charge in [0.15, 0.2) is 0 Å². The first-order valence-electron chi connectivity index (χ1n) is 5.84. The molecule has 0 aromatic carbocycles. The highest BCUT2D eigenvalue weighted by Crippen LogP contribution is 2.22. The molecular weight excluding hydrogens is 202 g/mol. The molecule has 1 heterocycles. The Morgan fingerprint density at radius 2 is 2.12 bits per heavy atom. The molecule has 3 N–H and O–H groups in total. The van der Waals surface area contributed by atoms with Gasteiger partial charge in [-0.2, -0.15) is 0 Å². The molecule has 1 aliphatic rings. The number of aromatic nitrogens is 1. The van der Waals surface area contributed by atoms with Gasteiger partial charge in [-0.15, -0.1) is 0 Å². The number of nitrogens with two attached hydrogens (primary N) is 1. The molecule has 0 bridgehead atoms. The van der Waals surface area contributed by atoms with Gasteiger partial charge in [-0.3, -0.25) is 4.79 Å². The maximum Gasteiger partial charge on any atom is 0.255 e. The minimum atomic E-state index is 0.0988. The number of hydrogen-bond donors (Lipinski definition) is 2. The van der Waals surface area contributed by atoms with Crippen LogP contribution in [0.1, 0.15) is 36.0 Å². The van der Waals surface area contributed by atoms with Crippen LogP contribution in [0.25, 0.3) is 0 Å². The Kier molecular flexibility index (Phi) is 3.29. The van der Waals surface area contributed by atoms with Gasteiger partial charge in [-0.25, -0.2) is 0 Å². The summed E-state index contributed by atoms with van der Waals surface area (Å²) >= 11 is 0. The molecule has 1 aliphatic carbocycles. The number of carbonyl (C=O) groups excluding carboxylic acids is 1. The van der Waals surface area contributed by atoms with Gasteiger partial charge in [0, 0.05) is 31.5 Å². The minimum absolute atomic E-state index is 0.0988. The van der Waals surface area contributed by atoms with Crippen LogP contribution in [0.15, 0.2) is 18.5 Å². The first-order chi connectivity index (χ1) is 7.68. The van der Waals surface area contributed by atoms with Gasteiger partial charge in [-0.05, 0) is 31.7 Å². The highest BCUT2D eigenvalue weighted by molar-refractivity contribution is 5.94. The molecule has 1 fully saturated rings. The summed E-state index contributed by atoms with van der Waals surface area (Å²) in [6.07, 6.45) is 7.61. The van der Waals surface area contributed by atoms with Gasteiger partial charge in [0.2, 0.25) is 0 Å². The topological polar surface area (TPSA) is 62.1 Å². The first kappa shape index (κ1) is 11.2. The Balaban J connectivity index is 1.97. The molecule has 88 valence electrons. The lowest BCUT2D eigenvalue weighted by atomic mass is 9.91. The number of aromatic amines is 1. The lowest BCUT2D eigenvalue weighted by Crippen LogP contribution is -2.41.